The molecule has 13 heavy (non-hydrogen) atoms. The molecule has 0 aliphatic carbocycles. The summed E-state index contributed by atoms with van der Waals surface area (Å²) in [7, 11) is 0. The van der Waals surface area contributed by atoms with Crippen molar-refractivity contribution in [3.05, 3.63) is 35.4 Å². The standard InChI is InChI=1S/C11H15N.ClH/c1-9-4-2-5-10(8-9)11-6-3-7-12-11;/h2,4-5,8,11-12H,3,6-7H2,1H3;1H/t11-;/m1./s1. The van der Waals surface area contributed by atoms with Crippen LogP contribution in [0.15, 0.2) is 24.3 Å². The molecule has 1 heterocycles. The molecule has 72 valence electrons. The van der Waals surface area contributed by atoms with Crippen molar-refractivity contribution in [3.63, 3.8) is 0 Å². The Kier molecular flexibility index (Phi) is 3.76. The van der Waals surface area contributed by atoms with Gasteiger partial charge in [0.1, 0.15) is 0 Å². The lowest BCUT2D eigenvalue weighted by Gasteiger charge is -2.10. The minimum atomic E-state index is 0. The first kappa shape index (κ1) is 10.6. The van der Waals surface area contributed by atoms with Crippen LogP contribution in [0.1, 0.15) is 30.0 Å². The zero-order chi connectivity index (χ0) is 8.39. The Morgan fingerprint density at radius 2 is 2.23 bits per heavy atom. The van der Waals surface area contributed by atoms with E-state index in [9.17, 15) is 0 Å². The fraction of sp³-hybridized carbons (Fsp3) is 0.455. The molecular formula is C11H16ClN. The summed E-state index contributed by atoms with van der Waals surface area (Å²) in [5.41, 5.74) is 2.81. The van der Waals surface area contributed by atoms with Gasteiger partial charge in [0.05, 0.1) is 0 Å². The molecule has 0 aromatic heterocycles. The van der Waals surface area contributed by atoms with Gasteiger partial charge in [0.2, 0.25) is 0 Å². The molecular weight excluding hydrogens is 182 g/mol. The second kappa shape index (κ2) is 4.64. The third kappa shape index (κ3) is 2.45. The van der Waals surface area contributed by atoms with Crippen LogP contribution in [0.25, 0.3) is 0 Å². The van der Waals surface area contributed by atoms with Crippen molar-refractivity contribution >= 4 is 12.4 Å². The van der Waals surface area contributed by atoms with Crippen LogP contribution in [0.3, 0.4) is 0 Å². The summed E-state index contributed by atoms with van der Waals surface area (Å²) in [5, 5.41) is 3.50. The van der Waals surface area contributed by atoms with Crippen molar-refractivity contribution in [2.45, 2.75) is 25.8 Å². The number of rotatable bonds is 1. The molecule has 2 heteroatoms. The predicted octanol–water partition coefficient (Wildman–Crippen LogP) is 2.84. The van der Waals surface area contributed by atoms with Crippen molar-refractivity contribution in [2.24, 2.45) is 0 Å². The van der Waals surface area contributed by atoms with Gasteiger partial charge in [-0.2, -0.15) is 0 Å². The Bertz CT molecular complexity index is 267. The zero-order valence-electron chi connectivity index (χ0n) is 7.92. The van der Waals surface area contributed by atoms with E-state index in [4.69, 9.17) is 0 Å². The molecule has 0 spiro atoms. The quantitative estimate of drug-likeness (QED) is 0.730. The van der Waals surface area contributed by atoms with E-state index in [-0.39, 0.29) is 12.4 Å². The Morgan fingerprint density at radius 1 is 1.38 bits per heavy atom. The Morgan fingerprint density at radius 3 is 2.85 bits per heavy atom. The van der Waals surface area contributed by atoms with Crippen LogP contribution in [-0.4, -0.2) is 6.54 Å². The molecule has 1 fully saturated rings. The molecule has 0 radical (unpaired) electrons. The molecule has 1 N–H and O–H groups in total. The van der Waals surface area contributed by atoms with Gasteiger partial charge in [0.25, 0.3) is 0 Å². The molecule has 1 aliphatic heterocycles. The van der Waals surface area contributed by atoms with Gasteiger partial charge in [0, 0.05) is 6.04 Å². The van der Waals surface area contributed by atoms with Gasteiger partial charge in [-0.25, -0.2) is 0 Å². The third-order valence-electron chi connectivity index (χ3n) is 2.50. The summed E-state index contributed by atoms with van der Waals surface area (Å²) < 4.78 is 0. The second-order valence-corrected chi connectivity index (χ2v) is 3.56. The normalized spacial score (nSPS) is 21.2. The van der Waals surface area contributed by atoms with Crippen LogP contribution < -0.4 is 5.32 Å². The summed E-state index contributed by atoms with van der Waals surface area (Å²) in [5.74, 6) is 0. The molecule has 1 nitrogen and oxygen atoms in total. The summed E-state index contributed by atoms with van der Waals surface area (Å²) in [6.07, 6.45) is 2.61. The highest BCUT2D eigenvalue weighted by Gasteiger charge is 2.15. The lowest BCUT2D eigenvalue weighted by molar-refractivity contribution is 0.647. The Balaban J connectivity index is 0.000000845. The number of hydrogen-bond donors (Lipinski definition) is 1. The lowest BCUT2D eigenvalue weighted by Crippen LogP contribution is -2.12. The van der Waals surface area contributed by atoms with Crippen molar-refractivity contribution in [1.29, 1.82) is 0 Å². The summed E-state index contributed by atoms with van der Waals surface area (Å²) in [4.78, 5) is 0. The third-order valence-corrected chi connectivity index (χ3v) is 2.50. The van der Waals surface area contributed by atoms with E-state index in [1.807, 2.05) is 0 Å². The molecule has 1 saturated heterocycles. The Hall–Kier alpha value is -0.530. The van der Waals surface area contributed by atoms with Gasteiger partial charge < -0.3 is 5.32 Å². The van der Waals surface area contributed by atoms with E-state index >= 15 is 0 Å². The average molecular weight is 198 g/mol. The molecule has 1 aromatic carbocycles. The van der Waals surface area contributed by atoms with Crippen molar-refractivity contribution < 1.29 is 0 Å². The van der Waals surface area contributed by atoms with Gasteiger partial charge in [-0.15, -0.1) is 12.4 Å². The van der Waals surface area contributed by atoms with Crippen LogP contribution in [-0.2, 0) is 0 Å². The SMILES string of the molecule is Cc1cccc([C@H]2CCCN2)c1.Cl. The maximum absolute atomic E-state index is 3.50. The fourth-order valence-corrected chi connectivity index (χ4v) is 1.86. The van der Waals surface area contributed by atoms with Crippen LogP contribution in [0.5, 0.6) is 0 Å². The van der Waals surface area contributed by atoms with Gasteiger partial charge in [-0.05, 0) is 31.9 Å². The topological polar surface area (TPSA) is 12.0 Å². The van der Waals surface area contributed by atoms with E-state index in [1.165, 1.54) is 30.5 Å². The van der Waals surface area contributed by atoms with Crippen molar-refractivity contribution in [2.75, 3.05) is 6.54 Å². The number of hydrogen-bond acceptors (Lipinski definition) is 1. The van der Waals surface area contributed by atoms with Gasteiger partial charge in [0.15, 0.2) is 0 Å². The van der Waals surface area contributed by atoms with E-state index in [2.05, 4.69) is 36.5 Å². The number of benzene rings is 1. The molecule has 0 bridgehead atoms. The summed E-state index contributed by atoms with van der Waals surface area (Å²) >= 11 is 0. The minimum absolute atomic E-state index is 0. The molecule has 2 rings (SSSR count). The number of halogens is 1. The lowest BCUT2D eigenvalue weighted by atomic mass is 10.0. The largest absolute Gasteiger partial charge is 0.310 e. The fourth-order valence-electron chi connectivity index (χ4n) is 1.86. The predicted molar refractivity (Wildman–Crippen MR) is 58.4 cm³/mol. The van der Waals surface area contributed by atoms with Gasteiger partial charge in [-0.3, -0.25) is 0 Å². The molecule has 1 aliphatic rings. The average Bonchev–Trinajstić information content (AvgIpc) is 2.56. The number of nitrogens with one attached hydrogen (secondary N) is 1. The highest BCUT2D eigenvalue weighted by atomic mass is 35.5. The van der Waals surface area contributed by atoms with Crippen LogP contribution in [0, 0.1) is 6.92 Å². The molecule has 0 saturated carbocycles. The second-order valence-electron chi connectivity index (χ2n) is 3.56. The van der Waals surface area contributed by atoms with E-state index in [0.29, 0.717) is 6.04 Å². The maximum atomic E-state index is 3.50. The van der Waals surface area contributed by atoms with Gasteiger partial charge >= 0.3 is 0 Å². The van der Waals surface area contributed by atoms with Crippen LogP contribution in [0.4, 0.5) is 0 Å². The first-order valence-corrected chi connectivity index (χ1v) is 4.66. The highest BCUT2D eigenvalue weighted by molar-refractivity contribution is 5.85. The summed E-state index contributed by atoms with van der Waals surface area (Å²) in [6.45, 7) is 3.33. The van der Waals surface area contributed by atoms with E-state index in [0.717, 1.165) is 0 Å². The molecule has 1 aromatic rings. The van der Waals surface area contributed by atoms with Gasteiger partial charge in [-0.1, -0.05) is 29.8 Å². The summed E-state index contributed by atoms with van der Waals surface area (Å²) in [6, 6.07) is 9.41. The first-order chi connectivity index (χ1) is 5.86. The minimum Gasteiger partial charge on any atom is -0.310 e. The van der Waals surface area contributed by atoms with Crippen LogP contribution >= 0.6 is 12.4 Å². The monoisotopic (exact) mass is 197 g/mol. The van der Waals surface area contributed by atoms with Crippen molar-refractivity contribution in [1.82, 2.24) is 5.32 Å². The number of aryl methyl sites for hydroxylation is 1. The smallest absolute Gasteiger partial charge is 0.0320 e. The van der Waals surface area contributed by atoms with E-state index < -0.39 is 0 Å². The van der Waals surface area contributed by atoms with E-state index in [1.54, 1.807) is 0 Å². The highest BCUT2D eigenvalue weighted by Crippen LogP contribution is 2.23. The molecule has 1 atom stereocenters. The van der Waals surface area contributed by atoms with Crippen molar-refractivity contribution in [3.8, 4) is 0 Å². The maximum Gasteiger partial charge on any atom is 0.0320 e. The Labute approximate surface area is 86.0 Å². The molecule has 0 unspecified atom stereocenters. The van der Waals surface area contributed by atoms with Crippen LogP contribution in [0.2, 0.25) is 0 Å². The first-order valence-electron chi connectivity index (χ1n) is 4.66. The molecule has 0 amide bonds. The zero-order valence-corrected chi connectivity index (χ0v) is 8.73.